The minimum atomic E-state index is 0.372. The molecule has 1 aliphatic heterocycles. The lowest BCUT2D eigenvalue weighted by Crippen LogP contribution is -2.37. The Bertz CT molecular complexity index is 291. The van der Waals surface area contributed by atoms with Gasteiger partial charge < -0.3 is 9.73 Å². The van der Waals surface area contributed by atoms with Crippen LogP contribution in [-0.4, -0.2) is 31.6 Å². The van der Waals surface area contributed by atoms with Crippen molar-refractivity contribution in [1.29, 1.82) is 0 Å². The summed E-state index contributed by atoms with van der Waals surface area (Å²) in [6.45, 7) is 5.70. The number of furan rings is 1. The van der Waals surface area contributed by atoms with Crippen molar-refractivity contribution < 1.29 is 4.42 Å². The Hall–Kier alpha value is -0.800. The lowest BCUT2D eigenvalue weighted by atomic mass is 9.98. The smallest absolute Gasteiger partial charge is 0.120 e. The molecule has 0 radical (unpaired) electrons. The van der Waals surface area contributed by atoms with Crippen LogP contribution in [0.5, 0.6) is 0 Å². The summed E-state index contributed by atoms with van der Waals surface area (Å²) in [6, 6.07) is 4.39. The highest BCUT2D eigenvalue weighted by atomic mass is 16.3. The van der Waals surface area contributed by atoms with Crippen LogP contribution in [-0.2, 0) is 0 Å². The number of nitrogens with one attached hydrogen (secondary N) is 1. The highest BCUT2D eigenvalue weighted by Crippen LogP contribution is 2.21. The number of nitrogens with zero attached hydrogens (tertiary/aromatic N) is 1. The van der Waals surface area contributed by atoms with Gasteiger partial charge >= 0.3 is 0 Å². The van der Waals surface area contributed by atoms with E-state index in [0.29, 0.717) is 6.04 Å². The van der Waals surface area contributed by atoms with Gasteiger partial charge in [0.1, 0.15) is 5.76 Å². The van der Waals surface area contributed by atoms with Crippen LogP contribution in [0.3, 0.4) is 0 Å². The minimum absolute atomic E-state index is 0.372. The van der Waals surface area contributed by atoms with E-state index in [0.717, 1.165) is 24.8 Å². The Morgan fingerprint density at radius 2 is 2.50 bits per heavy atom. The molecule has 3 heteroatoms. The first-order chi connectivity index (χ1) is 7.77. The lowest BCUT2D eigenvalue weighted by Gasteiger charge is -2.30. The first kappa shape index (κ1) is 11.7. The van der Waals surface area contributed by atoms with E-state index in [1.54, 1.807) is 6.26 Å². The first-order valence-corrected chi connectivity index (χ1v) is 6.21. The van der Waals surface area contributed by atoms with Crippen molar-refractivity contribution in [3.8, 4) is 0 Å². The number of piperidine rings is 1. The molecule has 0 saturated carbocycles. The molecule has 0 aliphatic carbocycles. The molecule has 1 N–H and O–H groups in total. The standard InChI is InChI=1S/C13H22N2O/c1-11(13-6-4-8-16-13)15(2)10-12-5-3-7-14-9-12/h4,6,8,11-12,14H,3,5,7,9-10H2,1-2H3. The van der Waals surface area contributed by atoms with Crippen molar-refractivity contribution in [2.24, 2.45) is 5.92 Å². The molecule has 2 atom stereocenters. The van der Waals surface area contributed by atoms with Gasteiger partial charge in [-0.1, -0.05) is 0 Å². The topological polar surface area (TPSA) is 28.4 Å². The predicted molar refractivity (Wildman–Crippen MR) is 65.3 cm³/mol. The van der Waals surface area contributed by atoms with Gasteiger partial charge in [0.2, 0.25) is 0 Å². The molecule has 0 amide bonds. The number of hydrogen-bond acceptors (Lipinski definition) is 3. The second-order valence-corrected chi connectivity index (χ2v) is 4.84. The molecule has 0 aromatic carbocycles. The van der Waals surface area contributed by atoms with Crippen molar-refractivity contribution in [2.45, 2.75) is 25.8 Å². The van der Waals surface area contributed by atoms with Crippen molar-refractivity contribution in [2.75, 3.05) is 26.7 Å². The van der Waals surface area contributed by atoms with Crippen LogP contribution >= 0.6 is 0 Å². The second kappa shape index (κ2) is 5.51. The van der Waals surface area contributed by atoms with E-state index in [1.807, 2.05) is 6.07 Å². The zero-order chi connectivity index (χ0) is 11.4. The Morgan fingerprint density at radius 3 is 3.12 bits per heavy atom. The van der Waals surface area contributed by atoms with Gasteiger partial charge in [0, 0.05) is 6.54 Å². The summed E-state index contributed by atoms with van der Waals surface area (Å²) in [5.41, 5.74) is 0. The van der Waals surface area contributed by atoms with Crippen LogP contribution in [0.4, 0.5) is 0 Å². The minimum Gasteiger partial charge on any atom is -0.468 e. The molecule has 2 rings (SSSR count). The van der Waals surface area contributed by atoms with Gasteiger partial charge in [-0.3, -0.25) is 4.90 Å². The van der Waals surface area contributed by atoms with Crippen molar-refractivity contribution in [3.05, 3.63) is 24.2 Å². The Kier molecular flexibility index (Phi) is 4.02. The fourth-order valence-electron chi connectivity index (χ4n) is 2.39. The molecule has 0 bridgehead atoms. The highest BCUT2D eigenvalue weighted by Gasteiger charge is 2.19. The maximum absolute atomic E-state index is 5.45. The van der Waals surface area contributed by atoms with E-state index in [4.69, 9.17) is 4.42 Å². The third-order valence-electron chi connectivity index (χ3n) is 3.56. The van der Waals surface area contributed by atoms with Crippen molar-refractivity contribution >= 4 is 0 Å². The van der Waals surface area contributed by atoms with Crippen molar-refractivity contribution in [3.63, 3.8) is 0 Å². The lowest BCUT2D eigenvalue weighted by molar-refractivity contribution is 0.182. The SMILES string of the molecule is CC(c1ccco1)N(C)CC1CCCNC1. The zero-order valence-corrected chi connectivity index (χ0v) is 10.3. The average Bonchev–Trinajstić information content (AvgIpc) is 2.83. The van der Waals surface area contributed by atoms with Crippen LogP contribution in [0.15, 0.2) is 22.8 Å². The molecular weight excluding hydrogens is 200 g/mol. The van der Waals surface area contributed by atoms with Gasteiger partial charge in [-0.15, -0.1) is 0 Å². The molecule has 1 fully saturated rings. The van der Waals surface area contributed by atoms with Crippen LogP contribution in [0, 0.1) is 5.92 Å². The Labute approximate surface area is 97.8 Å². The Balaban J connectivity index is 1.84. The van der Waals surface area contributed by atoms with E-state index in [1.165, 1.54) is 19.4 Å². The Morgan fingerprint density at radius 1 is 1.62 bits per heavy atom. The fraction of sp³-hybridized carbons (Fsp3) is 0.692. The normalized spacial score (nSPS) is 23.6. The molecule has 1 saturated heterocycles. The monoisotopic (exact) mass is 222 g/mol. The molecule has 1 aromatic rings. The zero-order valence-electron chi connectivity index (χ0n) is 10.3. The van der Waals surface area contributed by atoms with Crippen LogP contribution < -0.4 is 5.32 Å². The van der Waals surface area contributed by atoms with Crippen LogP contribution in [0.2, 0.25) is 0 Å². The maximum atomic E-state index is 5.45. The molecule has 0 spiro atoms. The third kappa shape index (κ3) is 2.86. The van der Waals surface area contributed by atoms with E-state index < -0.39 is 0 Å². The van der Waals surface area contributed by atoms with Gasteiger partial charge in [0.15, 0.2) is 0 Å². The highest BCUT2D eigenvalue weighted by molar-refractivity contribution is 5.03. The second-order valence-electron chi connectivity index (χ2n) is 4.84. The molecule has 3 nitrogen and oxygen atoms in total. The summed E-state index contributed by atoms with van der Waals surface area (Å²) in [5.74, 6) is 1.85. The van der Waals surface area contributed by atoms with Gasteiger partial charge in [-0.2, -0.15) is 0 Å². The largest absolute Gasteiger partial charge is 0.468 e. The summed E-state index contributed by atoms with van der Waals surface area (Å²) >= 11 is 0. The van der Waals surface area contributed by atoms with Gasteiger partial charge in [-0.05, 0) is 58.0 Å². The van der Waals surface area contributed by atoms with Crippen LogP contribution in [0.25, 0.3) is 0 Å². The summed E-state index contributed by atoms with van der Waals surface area (Å²) in [7, 11) is 2.18. The van der Waals surface area contributed by atoms with Gasteiger partial charge in [0.05, 0.1) is 12.3 Å². The molecule has 1 aromatic heterocycles. The number of rotatable bonds is 4. The van der Waals surface area contributed by atoms with Crippen LogP contribution in [0.1, 0.15) is 31.6 Å². The summed E-state index contributed by atoms with van der Waals surface area (Å²) < 4.78 is 5.45. The summed E-state index contributed by atoms with van der Waals surface area (Å²) in [5, 5.41) is 3.46. The average molecular weight is 222 g/mol. The predicted octanol–water partition coefficient (Wildman–Crippen LogP) is 2.27. The fourth-order valence-corrected chi connectivity index (χ4v) is 2.39. The van der Waals surface area contributed by atoms with E-state index >= 15 is 0 Å². The summed E-state index contributed by atoms with van der Waals surface area (Å²) in [4.78, 5) is 2.39. The maximum Gasteiger partial charge on any atom is 0.120 e. The van der Waals surface area contributed by atoms with E-state index in [2.05, 4.69) is 30.3 Å². The molecule has 90 valence electrons. The molecular formula is C13H22N2O. The van der Waals surface area contributed by atoms with E-state index in [9.17, 15) is 0 Å². The molecule has 2 unspecified atom stereocenters. The number of hydrogen-bond donors (Lipinski definition) is 1. The first-order valence-electron chi connectivity index (χ1n) is 6.21. The molecule has 16 heavy (non-hydrogen) atoms. The molecule has 2 heterocycles. The third-order valence-corrected chi connectivity index (χ3v) is 3.56. The van der Waals surface area contributed by atoms with Gasteiger partial charge in [-0.25, -0.2) is 0 Å². The van der Waals surface area contributed by atoms with Crippen molar-refractivity contribution in [1.82, 2.24) is 10.2 Å². The van der Waals surface area contributed by atoms with Gasteiger partial charge in [0.25, 0.3) is 0 Å². The van der Waals surface area contributed by atoms with E-state index in [-0.39, 0.29) is 0 Å². The quantitative estimate of drug-likeness (QED) is 0.847. The molecule has 1 aliphatic rings. The summed E-state index contributed by atoms with van der Waals surface area (Å²) in [6.07, 6.45) is 4.41.